The zero-order valence-electron chi connectivity index (χ0n) is 13.3. The van der Waals surface area contributed by atoms with Crippen molar-refractivity contribution in [1.29, 1.82) is 0 Å². The number of fused-ring (bicyclic) bond motifs is 1. The predicted molar refractivity (Wildman–Crippen MR) is 95.8 cm³/mol. The van der Waals surface area contributed by atoms with E-state index < -0.39 is 11.3 Å². The molecule has 3 aromatic rings. The van der Waals surface area contributed by atoms with Crippen LogP contribution in [0.1, 0.15) is 23.0 Å². The van der Waals surface area contributed by atoms with E-state index in [9.17, 15) is 9.59 Å². The topological polar surface area (TPSA) is 64.0 Å². The second kappa shape index (κ2) is 6.45. The van der Waals surface area contributed by atoms with Gasteiger partial charge in [-0.15, -0.1) is 0 Å². The summed E-state index contributed by atoms with van der Waals surface area (Å²) in [5, 5.41) is 7.80. The van der Waals surface area contributed by atoms with E-state index >= 15 is 0 Å². The van der Waals surface area contributed by atoms with Gasteiger partial charge in [-0.25, -0.2) is 0 Å². The molecule has 0 aliphatic carbocycles. The maximum absolute atomic E-state index is 12.7. The van der Waals surface area contributed by atoms with Crippen molar-refractivity contribution in [3.8, 4) is 0 Å². The molecule has 6 heteroatoms. The summed E-state index contributed by atoms with van der Waals surface area (Å²) >= 11 is 6.00. The van der Waals surface area contributed by atoms with E-state index in [0.29, 0.717) is 28.2 Å². The Morgan fingerprint density at radius 2 is 2.00 bits per heavy atom. The third-order valence-corrected chi connectivity index (χ3v) is 4.06. The van der Waals surface area contributed by atoms with Gasteiger partial charge in [0.15, 0.2) is 5.69 Å². The Labute approximate surface area is 143 Å². The van der Waals surface area contributed by atoms with Crippen molar-refractivity contribution < 1.29 is 4.79 Å². The number of carbonyl (C=O) groups excluding carboxylic acids is 1. The maximum Gasteiger partial charge on any atom is 0.280 e. The first-order valence-corrected chi connectivity index (χ1v) is 7.96. The van der Waals surface area contributed by atoms with Crippen LogP contribution in [-0.2, 0) is 6.54 Å². The number of rotatable bonds is 3. The number of anilines is 1. The molecule has 0 unspecified atom stereocenters. The molecule has 0 aliphatic rings. The number of benzene rings is 2. The highest BCUT2D eigenvalue weighted by Crippen LogP contribution is 2.18. The number of hydrogen-bond acceptors (Lipinski definition) is 3. The van der Waals surface area contributed by atoms with Crippen LogP contribution in [0.2, 0.25) is 5.02 Å². The van der Waals surface area contributed by atoms with Crippen molar-refractivity contribution in [2.45, 2.75) is 20.4 Å². The highest BCUT2D eigenvalue weighted by Gasteiger charge is 2.18. The highest BCUT2D eigenvalue weighted by molar-refractivity contribution is 6.31. The summed E-state index contributed by atoms with van der Waals surface area (Å²) in [6.45, 7) is 4.31. The zero-order valence-corrected chi connectivity index (χ0v) is 14.1. The van der Waals surface area contributed by atoms with Gasteiger partial charge in [-0.05, 0) is 43.7 Å². The quantitative estimate of drug-likeness (QED) is 0.791. The smallest absolute Gasteiger partial charge is 0.280 e. The number of para-hydroxylation sites is 1. The van der Waals surface area contributed by atoms with E-state index in [1.54, 1.807) is 28.9 Å². The Morgan fingerprint density at radius 1 is 1.25 bits per heavy atom. The molecule has 2 aromatic carbocycles. The zero-order chi connectivity index (χ0) is 17.3. The van der Waals surface area contributed by atoms with Gasteiger partial charge in [0.25, 0.3) is 5.91 Å². The Bertz CT molecular complexity index is 995. The van der Waals surface area contributed by atoms with Crippen LogP contribution in [0.4, 0.5) is 5.69 Å². The van der Waals surface area contributed by atoms with Crippen molar-refractivity contribution in [3.05, 3.63) is 69.0 Å². The lowest BCUT2D eigenvalue weighted by molar-refractivity contribution is 0.101. The standard InChI is InChI=1S/C18H16ClN3O2/c1-3-22-15-9-8-12(19)10-13(15)17(23)16(21-22)18(24)20-14-7-5-4-6-11(14)2/h4-10H,3H2,1-2H3,(H,20,24). The average Bonchev–Trinajstić information content (AvgIpc) is 2.57. The monoisotopic (exact) mass is 341 g/mol. The average molecular weight is 342 g/mol. The lowest BCUT2D eigenvalue weighted by Crippen LogP contribution is -2.27. The van der Waals surface area contributed by atoms with Crippen molar-refractivity contribution in [3.63, 3.8) is 0 Å². The molecule has 0 fully saturated rings. The summed E-state index contributed by atoms with van der Waals surface area (Å²) in [5.41, 5.74) is 1.64. The number of amides is 1. The molecule has 1 N–H and O–H groups in total. The molecule has 24 heavy (non-hydrogen) atoms. The molecule has 0 spiro atoms. The minimum Gasteiger partial charge on any atom is -0.320 e. The van der Waals surface area contributed by atoms with Crippen LogP contribution in [0.25, 0.3) is 10.9 Å². The molecule has 0 saturated carbocycles. The summed E-state index contributed by atoms with van der Waals surface area (Å²) < 4.78 is 1.62. The molecular weight excluding hydrogens is 326 g/mol. The number of aryl methyl sites for hydroxylation is 2. The molecule has 1 heterocycles. The van der Waals surface area contributed by atoms with Crippen LogP contribution in [0.3, 0.4) is 0 Å². The van der Waals surface area contributed by atoms with E-state index in [0.717, 1.165) is 5.56 Å². The number of nitrogens with zero attached hydrogens (tertiary/aromatic N) is 2. The van der Waals surface area contributed by atoms with Crippen LogP contribution in [0.5, 0.6) is 0 Å². The fourth-order valence-corrected chi connectivity index (χ4v) is 2.72. The second-order valence-electron chi connectivity index (χ2n) is 5.42. The van der Waals surface area contributed by atoms with Crippen LogP contribution < -0.4 is 10.7 Å². The number of nitrogens with one attached hydrogen (secondary N) is 1. The largest absolute Gasteiger partial charge is 0.320 e. The van der Waals surface area contributed by atoms with E-state index in [1.165, 1.54) is 0 Å². The SMILES string of the molecule is CCn1nc(C(=O)Nc2ccccc2C)c(=O)c2cc(Cl)ccc21. The molecule has 1 aromatic heterocycles. The molecule has 0 atom stereocenters. The second-order valence-corrected chi connectivity index (χ2v) is 5.86. The van der Waals surface area contributed by atoms with E-state index in [4.69, 9.17) is 11.6 Å². The highest BCUT2D eigenvalue weighted by atomic mass is 35.5. The Balaban J connectivity index is 2.12. The fourth-order valence-electron chi connectivity index (χ4n) is 2.55. The normalized spacial score (nSPS) is 10.8. The summed E-state index contributed by atoms with van der Waals surface area (Å²) in [6.07, 6.45) is 0. The molecule has 122 valence electrons. The van der Waals surface area contributed by atoms with Gasteiger partial charge in [-0.2, -0.15) is 5.10 Å². The third kappa shape index (κ3) is 2.90. The molecule has 0 radical (unpaired) electrons. The molecule has 0 saturated heterocycles. The van der Waals surface area contributed by atoms with Gasteiger partial charge in [0, 0.05) is 17.3 Å². The maximum atomic E-state index is 12.7. The summed E-state index contributed by atoms with van der Waals surface area (Å²) in [7, 11) is 0. The predicted octanol–water partition coefficient (Wildman–Crippen LogP) is 3.63. The fraction of sp³-hybridized carbons (Fsp3) is 0.167. The van der Waals surface area contributed by atoms with Crippen molar-refractivity contribution in [1.82, 2.24) is 9.78 Å². The first kappa shape index (κ1) is 16.2. The summed E-state index contributed by atoms with van der Waals surface area (Å²) in [6, 6.07) is 12.4. The van der Waals surface area contributed by atoms with Gasteiger partial charge in [-0.3, -0.25) is 14.3 Å². The lowest BCUT2D eigenvalue weighted by atomic mass is 10.1. The van der Waals surface area contributed by atoms with Crippen molar-refractivity contribution in [2.24, 2.45) is 0 Å². The first-order chi connectivity index (χ1) is 11.5. The number of carbonyl (C=O) groups is 1. The summed E-state index contributed by atoms with van der Waals surface area (Å²) in [4.78, 5) is 25.2. The Kier molecular flexibility index (Phi) is 4.36. The minimum atomic E-state index is -0.529. The number of halogens is 1. The van der Waals surface area contributed by atoms with E-state index in [2.05, 4.69) is 10.4 Å². The van der Waals surface area contributed by atoms with Gasteiger partial charge in [-0.1, -0.05) is 29.8 Å². The molecular formula is C18H16ClN3O2. The first-order valence-electron chi connectivity index (χ1n) is 7.58. The Morgan fingerprint density at radius 3 is 2.71 bits per heavy atom. The molecule has 0 aliphatic heterocycles. The molecule has 0 bridgehead atoms. The lowest BCUT2D eigenvalue weighted by Gasteiger charge is -2.11. The van der Waals surface area contributed by atoms with Gasteiger partial charge >= 0.3 is 0 Å². The number of hydrogen-bond donors (Lipinski definition) is 1. The van der Waals surface area contributed by atoms with E-state index in [1.807, 2.05) is 32.0 Å². The van der Waals surface area contributed by atoms with Crippen LogP contribution in [0.15, 0.2) is 47.3 Å². The minimum absolute atomic E-state index is 0.144. The van der Waals surface area contributed by atoms with Gasteiger partial charge in [0.1, 0.15) is 0 Å². The summed E-state index contributed by atoms with van der Waals surface area (Å²) in [5.74, 6) is -0.529. The van der Waals surface area contributed by atoms with Crippen LogP contribution in [-0.4, -0.2) is 15.7 Å². The van der Waals surface area contributed by atoms with Gasteiger partial charge in [0.2, 0.25) is 5.43 Å². The molecule has 3 rings (SSSR count). The van der Waals surface area contributed by atoms with E-state index in [-0.39, 0.29) is 5.69 Å². The van der Waals surface area contributed by atoms with Crippen LogP contribution >= 0.6 is 11.6 Å². The van der Waals surface area contributed by atoms with Gasteiger partial charge < -0.3 is 5.32 Å². The van der Waals surface area contributed by atoms with Crippen molar-refractivity contribution in [2.75, 3.05) is 5.32 Å². The Hall–Kier alpha value is -2.66. The van der Waals surface area contributed by atoms with Crippen LogP contribution in [0, 0.1) is 6.92 Å². The third-order valence-electron chi connectivity index (χ3n) is 3.82. The van der Waals surface area contributed by atoms with Crippen molar-refractivity contribution >= 4 is 34.1 Å². The van der Waals surface area contributed by atoms with Gasteiger partial charge in [0.05, 0.1) is 10.9 Å². The molecule has 5 nitrogen and oxygen atoms in total. The number of aromatic nitrogens is 2. The molecule has 1 amide bonds.